The number of hydrogen-bond donors (Lipinski definition) is 2. The number of nitrogens with zero attached hydrogens (tertiary/aromatic N) is 3. The van der Waals surface area contributed by atoms with E-state index in [2.05, 4.69) is 18.5 Å². The van der Waals surface area contributed by atoms with Crippen LogP contribution in [0.5, 0.6) is 0 Å². The number of hydrogen-bond acceptors (Lipinski definition) is 7. The van der Waals surface area contributed by atoms with Gasteiger partial charge >= 0.3 is 0 Å². The number of rotatable bonds is 20. The van der Waals surface area contributed by atoms with Gasteiger partial charge in [0.15, 0.2) is 0 Å². The van der Waals surface area contributed by atoms with E-state index in [9.17, 15) is 29.1 Å². The first-order chi connectivity index (χ1) is 19.1. The molecule has 0 aliphatic carbocycles. The van der Waals surface area contributed by atoms with Crippen molar-refractivity contribution in [3.05, 3.63) is 37.0 Å². The van der Waals surface area contributed by atoms with Crippen LogP contribution in [0.2, 0.25) is 0 Å². The molecular formula is C30H50N4O7. The number of carbonyl (C=O) groups excluding carboxylic acids is 5. The summed E-state index contributed by atoms with van der Waals surface area (Å²) < 4.78 is 5.72. The number of aldehydes is 1. The minimum absolute atomic E-state index is 0.0163. The quantitative estimate of drug-likeness (QED) is 0.165. The number of ether oxygens (including phenoxy) is 1. The second-order valence-electron chi connectivity index (χ2n) is 11.5. The molecule has 0 aromatic carbocycles. The zero-order valence-corrected chi connectivity index (χ0v) is 26.0. The zero-order chi connectivity index (χ0) is 31.9. The molecule has 4 unspecified atom stereocenters. The van der Waals surface area contributed by atoms with E-state index >= 15 is 0 Å². The first-order valence-electron chi connectivity index (χ1n) is 13.7. The maximum absolute atomic E-state index is 13.8. The van der Waals surface area contributed by atoms with Gasteiger partial charge in [0.1, 0.15) is 24.4 Å². The Labute approximate surface area is 245 Å². The number of allylic oxidation sites excluding steroid dienone is 3. The van der Waals surface area contributed by atoms with Crippen LogP contribution in [0.25, 0.3) is 0 Å². The molecule has 11 nitrogen and oxygen atoms in total. The summed E-state index contributed by atoms with van der Waals surface area (Å²) in [5.41, 5.74) is 0.142. The Hall–Kier alpha value is -3.31. The minimum atomic E-state index is -1.18. The van der Waals surface area contributed by atoms with E-state index in [1.165, 1.54) is 37.9 Å². The van der Waals surface area contributed by atoms with Gasteiger partial charge in [-0.2, -0.15) is 0 Å². The van der Waals surface area contributed by atoms with Crippen molar-refractivity contribution in [2.24, 2.45) is 11.3 Å². The lowest BCUT2D eigenvalue weighted by molar-refractivity contribution is -0.149. The third kappa shape index (κ3) is 12.4. The van der Waals surface area contributed by atoms with E-state index in [1.54, 1.807) is 32.1 Å². The fourth-order valence-corrected chi connectivity index (χ4v) is 3.80. The molecule has 0 spiro atoms. The predicted octanol–water partition coefficient (Wildman–Crippen LogP) is 1.57. The molecule has 0 rings (SSSR count). The summed E-state index contributed by atoms with van der Waals surface area (Å²) >= 11 is 0. The van der Waals surface area contributed by atoms with E-state index in [0.29, 0.717) is 19.1 Å². The van der Waals surface area contributed by atoms with Crippen LogP contribution >= 0.6 is 0 Å². The number of nitrogens with one attached hydrogen (secondary N) is 1. The Morgan fingerprint density at radius 3 is 2.10 bits per heavy atom. The number of carbonyl (C=O) groups is 5. The fourth-order valence-electron chi connectivity index (χ4n) is 3.80. The highest BCUT2D eigenvalue weighted by molar-refractivity contribution is 5.93. The largest absolute Gasteiger partial charge is 0.396 e. The molecule has 0 saturated carbocycles. The topological polar surface area (TPSA) is 137 Å². The van der Waals surface area contributed by atoms with Crippen LogP contribution in [0, 0.1) is 11.3 Å². The third-order valence-corrected chi connectivity index (χ3v) is 6.81. The van der Waals surface area contributed by atoms with Gasteiger partial charge in [-0.05, 0) is 31.3 Å². The Morgan fingerprint density at radius 1 is 1.02 bits per heavy atom. The van der Waals surface area contributed by atoms with Crippen LogP contribution in [-0.2, 0) is 28.7 Å². The van der Waals surface area contributed by atoms with Crippen LogP contribution < -0.4 is 5.32 Å². The monoisotopic (exact) mass is 578 g/mol. The lowest BCUT2D eigenvalue weighted by Crippen LogP contribution is -2.58. The van der Waals surface area contributed by atoms with Gasteiger partial charge in [0.25, 0.3) is 0 Å². The van der Waals surface area contributed by atoms with E-state index in [0.717, 1.165) is 10.5 Å². The molecule has 41 heavy (non-hydrogen) atoms. The molecule has 4 amide bonds. The summed E-state index contributed by atoms with van der Waals surface area (Å²) in [6.07, 6.45) is 6.58. The molecule has 0 bridgehead atoms. The molecule has 0 heterocycles. The third-order valence-electron chi connectivity index (χ3n) is 6.81. The average Bonchev–Trinajstić information content (AvgIpc) is 2.94. The molecule has 0 aliphatic heterocycles. The smallest absolute Gasteiger partial charge is 0.247 e. The molecule has 232 valence electrons. The van der Waals surface area contributed by atoms with Crippen LogP contribution in [0.1, 0.15) is 47.5 Å². The van der Waals surface area contributed by atoms with Gasteiger partial charge in [-0.15, -0.1) is 0 Å². The van der Waals surface area contributed by atoms with E-state index in [4.69, 9.17) is 4.74 Å². The molecular weight excluding hydrogens is 528 g/mol. The van der Waals surface area contributed by atoms with Crippen molar-refractivity contribution in [1.82, 2.24) is 20.0 Å². The lowest BCUT2D eigenvalue weighted by atomic mass is 9.96. The van der Waals surface area contributed by atoms with Gasteiger partial charge in [0, 0.05) is 26.6 Å². The van der Waals surface area contributed by atoms with Crippen LogP contribution in [0.15, 0.2) is 37.0 Å². The predicted molar refractivity (Wildman–Crippen MR) is 159 cm³/mol. The van der Waals surface area contributed by atoms with Crippen molar-refractivity contribution in [3.63, 3.8) is 0 Å². The Balaban J connectivity index is 6.20. The Kier molecular flexibility index (Phi) is 16.7. The highest BCUT2D eigenvalue weighted by atomic mass is 16.5. The van der Waals surface area contributed by atoms with Crippen molar-refractivity contribution in [1.29, 1.82) is 0 Å². The average molecular weight is 579 g/mol. The molecule has 4 atom stereocenters. The van der Waals surface area contributed by atoms with Crippen molar-refractivity contribution >= 4 is 30.4 Å². The molecule has 0 aliphatic rings. The van der Waals surface area contributed by atoms with Crippen LogP contribution in [-0.4, -0.2) is 115 Å². The van der Waals surface area contributed by atoms with E-state index in [1.807, 2.05) is 13.8 Å². The molecule has 0 aromatic heterocycles. The van der Waals surface area contributed by atoms with Gasteiger partial charge < -0.3 is 34.7 Å². The van der Waals surface area contributed by atoms with Crippen molar-refractivity contribution < 1.29 is 33.8 Å². The SMILES string of the molecule is C=C/C=C(\C=C)CC(C=O)N(C)C(=O)C(CC(C)C)N(C)C(=O)C(COCC(C)(C)CO)NC(=O)C(C)N(C)C=O. The first-order valence-corrected chi connectivity index (χ1v) is 13.7. The fraction of sp³-hybridized carbons (Fsp3) is 0.633. The first kappa shape index (κ1) is 37.7. The molecule has 11 heteroatoms. The van der Waals surface area contributed by atoms with Crippen LogP contribution in [0.4, 0.5) is 0 Å². The Bertz CT molecular complexity index is 947. The molecule has 0 fully saturated rings. The summed E-state index contributed by atoms with van der Waals surface area (Å²) in [5.74, 6) is -1.57. The van der Waals surface area contributed by atoms with E-state index < -0.39 is 47.3 Å². The molecule has 0 radical (unpaired) electrons. The zero-order valence-electron chi connectivity index (χ0n) is 26.0. The number of aliphatic hydroxyl groups excluding tert-OH is 1. The van der Waals surface area contributed by atoms with Gasteiger partial charge in [-0.3, -0.25) is 19.2 Å². The Morgan fingerprint density at radius 2 is 1.63 bits per heavy atom. The van der Waals surface area contributed by atoms with Gasteiger partial charge in [0.05, 0.1) is 25.9 Å². The summed E-state index contributed by atoms with van der Waals surface area (Å²) in [6.45, 7) is 16.0. The number of amides is 4. The van der Waals surface area contributed by atoms with Crippen molar-refractivity contribution in [2.45, 2.75) is 71.6 Å². The summed E-state index contributed by atoms with van der Waals surface area (Å²) in [6, 6.07) is -3.78. The standard InChI is InChI=1S/C30H50N4O7/c1-11-13-23(12-2)15-24(16-35)33(9)29(40)26(14-21(3)4)34(10)28(39)25(17-41-19-30(6,7)18-36)31-27(38)22(5)32(8)20-37/h11-13,16,20-22,24-26,36H,1-2,14-15,17-19H2,3-10H3,(H,31,38)/b23-13+. The highest BCUT2D eigenvalue weighted by Gasteiger charge is 2.36. The number of aliphatic hydroxyl groups is 1. The van der Waals surface area contributed by atoms with Gasteiger partial charge in [-0.1, -0.05) is 59.1 Å². The maximum atomic E-state index is 13.8. The summed E-state index contributed by atoms with van der Waals surface area (Å²) in [4.78, 5) is 67.3. The normalized spacial score (nSPS) is 14.7. The molecule has 0 aromatic rings. The van der Waals surface area contributed by atoms with E-state index in [-0.39, 0.29) is 32.2 Å². The molecule has 2 N–H and O–H groups in total. The maximum Gasteiger partial charge on any atom is 0.247 e. The highest BCUT2D eigenvalue weighted by Crippen LogP contribution is 2.19. The van der Waals surface area contributed by atoms with Gasteiger partial charge in [-0.25, -0.2) is 0 Å². The summed E-state index contributed by atoms with van der Waals surface area (Å²) in [7, 11) is 4.43. The summed E-state index contributed by atoms with van der Waals surface area (Å²) in [5, 5.41) is 12.2. The van der Waals surface area contributed by atoms with Crippen LogP contribution in [0.3, 0.4) is 0 Å². The molecule has 0 saturated heterocycles. The second kappa shape index (κ2) is 18.2. The van der Waals surface area contributed by atoms with Crippen molar-refractivity contribution in [3.8, 4) is 0 Å². The number of likely N-dealkylation sites (N-methyl/N-ethyl adjacent to an activating group) is 3. The van der Waals surface area contributed by atoms with Crippen molar-refractivity contribution in [2.75, 3.05) is 41.0 Å². The minimum Gasteiger partial charge on any atom is -0.396 e. The van der Waals surface area contributed by atoms with Gasteiger partial charge in [0.2, 0.25) is 24.1 Å². The lowest BCUT2D eigenvalue weighted by Gasteiger charge is -2.36. The second-order valence-corrected chi connectivity index (χ2v) is 11.5.